The van der Waals surface area contributed by atoms with Crippen LogP contribution in [-0.4, -0.2) is 5.78 Å². The van der Waals surface area contributed by atoms with Gasteiger partial charge < -0.3 is 0 Å². The molecule has 0 saturated heterocycles. The summed E-state index contributed by atoms with van der Waals surface area (Å²) in [6.45, 7) is 4.08. The number of allylic oxidation sites excluding steroid dienone is 2. The summed E-state index contributed by atoms with van der Waals surface area (Å²) in [6, 6.07) is 4.19. The first-order chi connectivity index (χ1) is 6.59. The van der Waals surface area contributed by atoms with Gasteiger partial charge in [0, 0.05) is 16.7 Å². The zero-order valence-electron chi connectivity index (χ0n) is 8.54. The topological polar surface area (TPSA) is 17.1 Å². The third-order valence-electron chi connectivity index (χ3n) is 2.76. The Hall–Kier alpha value is -0.890. The summed E-state index contributed by atoms with van der Waals surface area (Å²) in [5.74, 6) is 0.359. The Kier molecular flexibility index (Phi) is 2.31. The van der Waals surface area contributed by atoms with E-state index in [9.17, 15) is 4.79 Å². The number of hydrogen-bond acceptors (Lipinski definition) is 2. The van der Waals surface area contributed by atoms with Crippen LogP contribution in [0.25, 0.3) is 5.57 Å². The molecule has 2 heteroatoms. The van der Waals surface area contributed by atoms with E-state index in [4.69, 9.17) is 0 Å². The van der Waals surface area contributed by atoms with Crippen LogP contribution in [0.1, 0.15) is 31.6 Å². The SMILES string of the molecule is CC1(C)CC(c2cccs2)=CCC1=O. The van der Waals surface area contributed by atoms with Crippen molar-refractivity contribution in [2.24, 2.45) is 5.41 Å². The monoisotopic (exact) mass is 206 g/mol. The maximum Gasteiger partial charge on any atom is 0.142 e. The van der Waals surface area contributed by atoms with Gasteiger partial charge in [0.05, 0.1) is 0 Å². The van der Waals surface area contributed by atoms with Crippen molar-refractivity contribution in [3.63, 3.8) is 0 Å². The molecule has 1 nitrogen and oxygen atoms in total. The Morgan fingerprint density at radius 3 is 2.79 bits per heavy atom. The van der Waals surface area contributed by atoms with E-state index in [-0.39, 0.29) is 5.41 Å². The van der Waals surface area contributed by atoms with E-state index in [1.54, 1.807) is 11.3 Å². The molecule has 1 aliphatic rings. The summed E-state index contributed by atoms with van der Waals surface area (Å²) in [4.78, 5) is 12.9. The van der Waals surface area contributed by atoms with Gasteiger partial charge in [0.25, 0.3) is 0 Å². The number of ketones is 1. The Morgan fingerprint density at radius 1 is 1.43 bits per heavy atom. The number of carbonyl (C=O) groups excluding carboxylic acids is 1. The predicted octanol–water partition coefficient (Wildman–Crippen LogP) is 3.52. The normalized spacial score (nSPS) is 20.7. The molecule has 0 fully saturated rings. The summed E-state index contributed by atoms with van der Waals surface area (Å²) in [7, 11) is 0. The lowest BCUT2D eigenvalue weighted by Gasteiger charge is -2.27. The summed E-state index contributed by atoms with van der Waals surface area (Å²) >= 11 is 1.75. The Labute approximate surface area is 88.5 Å². The third-order valence-corrected chi connectivity index (χ3v) is 3.70. The standard InChI is InChI=1S/C12H14OS/c1-12(2)8-9(5-6-11(12)13)10-4-3-7-14-10/h3-5,7H,6,8H2,1-2H3. The molecule has 1 heterocycles. The average Bonchev–Trinajstić information content (AvgIpc) is 2.62. The molecule has 0 aliphatic heterocycles. The Balaban J connectivity index is 2.29. The summed E-state index contributed by atoms with van der Waals surface area (Å²) in [5, 5.41) is 2.08. The van der Waals surface area contributed by atoms with Gasteiger partial charge >= 0.3 is 0 Å². The molecule has 0 spiro atoms. The quantitative estimate of drug-likeness (QED) is 0.687. The fourth-order valence-electron chi connectivity index (χ4n) is 1.79. The number of thiophene rings is 1. The second-order valence-electron chi connectivity index (χ2n) is 4.39. The van der Waals surface area contributed by atoms with Crippen LogP contribution < -0.4 is 0 Å². The molecule has 14 heavy (non-hydrogen) atoms. The lowest BCUT2D eigenvalue weighted by Crippen LogP contribution is -2.26. The van der Waals surface area contributed by atoms with Crippen molar-refractivity contribution < 1.29 is 4.79 Å². The van der Waals surface area contributed by atoms with Crippen LogP contribution in [0.15, 0.2) is 23.6 Å². The highest BCUT2D eigenvalue weighted by Gasteiger charge is 2.31. The molecule has 1 aromatic rings. The first kappa shape index (κ1) is 9.66. The van der Waals surface area contributed by atoms with Gasteiger partial charge in [0.15, 0.2) is 0 Å². The highest BCUT2D eigenvalue weighted by molar-refractivity contribution is 7.11. The Bertz CT molecular complexity index is 371. The molecule has 0 saturated carbocycles. The first-order valence-corrected chi connectivity index (χ1v) is 5.74. The van der Waals surface area contributed by atoms with E-state index in [0.29, 0.717) is 12.2 Å². The number of Topliss-reactive ketones (excluding diaryl/α,β-unsaturated/α-hetero) is 1. The zero-order valence-corrected chi connectivity index (χ0v) is 9.36. The first-order valence-electron chi connectivity index (χ1n) is 4.86. The number of hydrogen-bond donors (Lipinski definition) is 0. The lowest BCUT2D eigenvalue weighted by atomic mass is 9.76. The van der Waals surface area contributed by atoms with E-state index in [0.717, 1.165) is 6.42 Å². The highest BCUT2D eigenvalue weighted by atomic mass is 32.1. The fraction of sp³-hybridized carbons (Fsp3) is 0.417. The number of rotatable bonds is 1. The van der Waals surface area contributed by atoms with Gasteiger partial charge in [-0.1, -0.05) is 26.0 Å². The zero-order chi connectivity index (χ0) is 10.2. The summed E-state index contributed by atoms with van der Waals surface area (Å²) < 4.78 is 0. The molecule has 0 atom stereocenters. The van der Waals surface area contributed by atoms with Crippen LogP contribution in [0.2, 0.25) is 0 Å². The van der Waals surface area contributed by atoms with Crippen LogP contribution in [-0.2, 0) is 4.79 Å². The van der Waals surface area contributed by atoms with Gasteiger partial charge in [-0.2, -0.15) is 0 Å². The van der Waals surface area contributed by atoms with Gasteiger partial charge in [-0.15, -0.1) is 11.3 Å². The molecule has 0 aromatic carbocycles. The number of carbonyl (C=O) groups is 1. The minimum atomic E-state index is -0.173. The molecule has 74 valence electrons. The molecular weight excluding hydrogens is 192 g/mol. The molecule has 0 bridgehead atoms. The van der Waals surface area contributed by atoms with E-state index in [1.807, 2.05) is 13.8 Å². The smallest absolute Gasteiger partial charge is 0.142 e. The molecule has 0 radical (unpaired) electrons. The molecule has 1 aliphatic carbocycles. The van der Waals surface area contributed by atoms with Crippen LogP contribution in [0, 0.1) is 5.41 Å². The molecule has 2 rings (SSSR count). The minimum absolute atomic E-state index is 0.173. The van der Waals surface area contributed by atoms with E-state index in [1.165, 1.54) is 10.5 Å². The second-order valence-corrected chi connectivity index (χ2v) is 5.34. The van der Waals surface area contributed by atoms with E-state index in [2.05, 4.69) is 23.6 Å². The van der Waals surface area contributed by atoms with Crippen molar-refractivity contribution in [1.82, 2.24) is 0 Å². The predicted molar refractivity (Wildman–Crippen MR) is 60.3 cm³/mol. The maximum absolute atomic E-state index is 11.6. The summed E-state index contributed by atoms with van der Waals surface area (Å²) in [6.07, 6.45) is 3.56. The second kappa shape index (κ2) is 3.35. The minimum Gasteiger partial charge on any atom is -0.299 e. The van der Waals surface area contributed by atoms with Crippen LogP contribution in [0.3, 0.4) is 0 Å². The van der Waals surface area contributed by atoms with Crippen LogP contribution in [0.5, 0.6) is 0 Å². The van der Waals surface area contributed by atoms with Crippen molar-refractivity contribution in [2.45, 2.75) is 26.7 Å². The average molecular weight is 206 g/mol. The highest BCUT2D eigenvalue weighted by Crippen LogP contribution is 2.38. The fourth-order valence-corrected chi connectivity index (χ4v) is 2.56. The Morgan fingerprint density at radius 2 is 2.21 bits per heavy atom. The van der Waals surface area contributed by atoms with Gasteiger partial charge in [0.1, 0.15) is 5.78 Å². The van der Waals surface area contributed by atoms with Gasteiger partial charge in [-0.25, -0.2) is 0 Å². The van der Waals surface area contributed by atoms with Gasteiger partial charge in [-0.05, 0) is 23.4 Å². The molecule has 0 N–H and O–H groups in total. The van der Waals surface area contributed by atoms with Crippen molar-refractivity contribution in [2.75, 3.05) is 0 Å². The van der Waals surface area contributed by atoms with E-state index < -0.39 is 0 Å². The third kappa shape index (κ3) is 1.67. The van der Waals surface area contributed by atoms with Crippen molar-refractivity contribution in [1.29, 1.82) is 0 Å². The van der Waals surface area contributed by atoms with Crippen LogP contribution in [0.4, 0.5) is 0 Å². The largest absolute Gasteiger partial charge is 0.299 e. The van der Waals surface area contributed by atoms with Crippen molar-refractivity contribution in [3.05, 3.63) is 28.5 Å². The van der Waals surface area contributed by atoms with Crippen molar-refractivity contribution in [3.8, 4) is 0 Å². The molecule has 0 amide bonds. The maximum atomic E-state index is 11.6. The molecular formula is C12H14OS. The van der Waals surface area contributed by atoms with Gasteiger partial charge in [-0.3, -0.25) is 4.79 Å². The molecule has 1 aromatic heterocycles. The molecule has 0 unspecified atom stereocenters. The van der Waals surface area contributed by atoms with E-state index >= 15 is 0 Å². The lowest BCUT2D eigenvalue weighted by molar-refractivity contribution is -0.126. The summed E-state index contributed by atoms with van der Waals surface area (Å²) in [5.41, 5.74) is 1.17. The van der Waals surface area contributed by atoms with Crippen LogP contribution >= 0.6 is 11.3 Å². The van der Waals surface area contributed by atoms with Crippen molar-refractivity contribution >= 4 is 22.7 Å². The van der Waals surface area contributed by atoms with Gasteiger partial charge in [0.2, 0.25) is 0 Å².